The summed E-state index contributed by atoms with van der Waals surface area (Å²) in [4.78, 5) is 36.9. The molecule has 0 unspecified atom stereocenters. The molecule has 152 valence electrons. The van der Waals surface area contributed by atoms with Crippen molar-refractivity contribution < 1.29 is 9.59 Å². The number of carbonyl (C=O) groups excluding carboxylic acids is 2. The van der Waals surface area contributed by atoms with Gasteiger partial charge in [-0.2, -0.15) is 5.10 Å². The second-order valence-electron chi connectivity index (χ2n) is 7.40. The molecule has 1 aliphatic rings. The van der Waals surface area contributed by atoms with Gasteiger partial charge < -0.3 is 0 Å². The number of hydrogen-bond acceptors (Lipinski definition) is 4. The van der Waals surface area contributed by atoms with Crippen LogP contribution in [-0.4, -0.2) is 21.6 Å². The van der Waals surface area contributed by atoms with Crippen LogP contribution in [0.2, 0.25) is 0 Å². The fourth-order valence-corrected chi connectivity index (χ4v) is 3.62. The van der Waals surface area contributed by atoms with E-state index in [9.17, 15) is 14.4 Å². The van der Waals surface area contributed by atoms with Crippen molar-refractivity contribution >= 4 is 11.8 Å². The highest BCUT2D eigenvalue weighted by Crippen LogP contribution is 2.30. The smallest absolute Gasteiger partial charge is 0.269 e. The molecular weight excluding hydrogens is 380 g/mol. The molecule has 0 fully saturated rings. The van der Waals surface area contributed by atoms with Gasteiger partial charge in [-0.25, -0.2) is 4.68 Å². The molecule has 0 spiro atoms. The Hall–Kier alpha value is -3.74. The fraction of sp³-hybridized carbons (Fsp3) is 0.217. The molecule has 2 N–H and O–H groups in total. The van der Waals surface area contributed by atoms with Crippen LogP contribution in [0, 0.1) is 6.92 Å². The monoisotopic (exact) mass is 402 g/mol. The summed E-state index contributed by atoms with van der Waals surface area (Å²) in [5, 5.41) is 4.51. The lowest BCUT2D eigenvalue weighted by atomic mass is 10.00. The number of benzene rings is 2. The maximum absolute atomic E-state index is 12.5. The third kappa shape index (κ3) is 4.15. The number of aromatic nitrogens is 2. The number of carbonyl (C=O) groups is 2. The Morgan fingerprint density at radius 1 is 1.00 bits per heavy atom. The van der Waals surface area contributed by atoms with E-state index < -0.39 is 11.8 Å². The summed E-state index contributed by atoms with van der Waals surface area (Å²) in [6, 6.07) is 16.3. The molecule has 0 atom stereocenters. The van der Waals surface area contributed by atoms with Crippen molar-refractivity contribution in [2.45, 2.75) is 32.7 Å². The quantitative estimate of drug-likeness (QED) is 0.657. The molecule has 4 rings (SSSR count). The van der Waals surface area contributed by atoms with E-state index >= 15 is 0 Å². The van der Waals surface area contributed by atoms with Crippen LogP contribution in [0.25, 0.3) is 11.3 Å². The van der Waals surface area contributed by atoms with E-state index in [0.717, 1.165) is 46.3 Å². The van der Waals surface area contributed by atoms with Crippen LogP contribution < -0.4 is 16.4 Å². The second kappa shape index (κ2) is 8.32. The molecule has 2 amide bonds. The van der Waals surface area contributed by atoms with Gasteiger partial charge in [0.15, 0.2) is 0 Å². The average Bonchev–Trinajstić information content (AvgIpc) is 2.91. The first-order valence-electron chi connectivity index (χ1n) is 9.86. The molecule has 7 nitrogen and oxygen atoms in total. The summed E-state index contributed by atoms with van der Waals surface area (Å²) >= 11 is 0. The lowest BCUT2D eigenvalue weighted by molar-refractivity contribution is -0.122. The van der Waals surface area contributed by atoms with Crippen molar-refractivity contribution in [3.05, 3.63) is 87.2 Å². The van der Waals surface area contributed by atoms with Crippen LogP contribution >= 0.6 is 0 Å². The van der Waals surface area contributed by atoms with Crippen LogP contribution in [0.1, 0.15) is 33.5 Å². The minimum Gasteiger partial charge on any atom is -0.271 e. The Morgan fingerprint density at radius 3 is 2.57 bits per heavy atom. The predicted octanol–water partition coefficient (Wildman–Crippen LogP) is 2.17. The number of fused-ring (bicyclic) bond motifs is 3. The lowest BCUT2D eigenvalue weighted by Crippen LogP contribution is -2.44. The van der Waals surface area contributed by atoms with Crippen molar-refractivity contribution in [1.29, 1.82) is 0 Å². The highest BCUT2D eigenvalue weighted by Gasteiger charge is 2.19. The summed E-state index contributed by atoms with van der Waals surface area (Å²) in [5.41, 5.74) is 9.73. The van der Waals surface area contributed by atoms with Crippen molar-refractivity contribution in [1.82, 2.24) is 20.6 Å². The summed E-state index contributed by atoms with van der Waals surface area (Å²) in [5.74, 6) is -0.970. The van der Waals surface area contributed by atoms with Gasteiger partial charge in [-0.05, 0) is 55.5 Å². The number of amides is 2. The number of rotatable bonds is 3. The third-order valence-corrected chi connectivity index (χ3v) is 5.13. The Morgan fingerprint density at radius 2 is 1.77 bits per heavy atom. The maximum Gasteiger partial charge on any atom is 0.269 e. The van der Waals surface area contributed by atoms with Gasteiger partial charge in [-0.3, -0.25) is 25.2 Å². The van der Waals surface area contributed by atoms with Gasteiger partial charge in [-0.1, -0.05) is 35.9 Å². The van der Waals surface area contributed by atoms with E-state index in [0.29, 0.717) is 5.56 Å². The molecule has 1 aromatic heterocycles. The van der Waals surface area contributed by atoms with Crippen LogP contribution in [0.3, 0.4) is 0 Å². The van der Waals surface area contributed by atoms with Crippen LogP contribution in [0.15, 0.2) is 59.4 Å². The summed E-state index contributed by atoms with van der Waals surface area (Å²) in [6.45, 7) is 1.73. The van der Waals surface area contributed by atoms with E-state index in [2.05, 4.69) is 34.1 Å². The normalized spacial score (nSPS) is 12.3. The molecular formula is C23H22N4O3. The van der Waals surface area contributed by atoms with E-state index in [-0.39, 0.29) is 12.1 Å². The minimum atomic E-state index is -0.535. The number of aryl methyl sites for hydroxylation is 3. The van der Waals surface area contributed by atoms with E-state index in [4.69, 9.17) is 0 Å². The third-order valence-electron chi connectivity index (χ3n) is 5.13. The van der Waals surface area contributed by atoms with Gasteiger partial charge in [0, 0.05) is 17.2 Å². The van der Waals surface area contributed by atoms with Gasteiger partial charge in [0.1, 0.15) is 6.54 Å². The van der Waals surface area contributed by atoms with E-state index in [1.807, 2.05) is 6.92 Å². The summed E-state index contributed by atoms with van der Waals surface area (Å²) in [6.07, 6.45) is 2.64. The predicted molar refractivity (Wildman–Crippen MR) is 113 cm³/mol. The number of nitrogens with zero attached hydrogens (tertiary/aromatic N) is 2. The van der Waals surface area contributed by atoms with Gasteiger partial charge in [0.05, 0.1) is 5.69 Å². The Balaban J connectivity index is 1.54. The first kappa shape index (κ1) is 19.6. The van der Waals surface area contributed by atoms with Gasteiger partial charge in [0.2, 0.25) is 0 Å². The van der Waals surface area contributed by atoms with E-state index in [1.54, 1.807) is 36.4 Å². The Bertz CT molecular complexity index is 1170. The lowest BCUT2D eigenvalue weighted by Gasteiger charge is -2.13. The molecule has 3 aromatic rings. The largest absolute Gasteiger partial charge is 0.271 e. The zero-order valence-corrected chi connectivity index (χ0v) is 16.6. The molecule has 0 saturated carbocycles. The van der Waals surface area contributed by atoms with Crippen LogP contribution in [-0.2, 0) is 24.2 Å². The van der Waals surface area contributed by atoms with Gasteiger partial charge in [0.25, 0.3) is 17.4 Å². The molecule has 2 aromatic carbocycles. The molecule has 0 radical (unpaired) electrons. The zero-order valence-electron chi connectivity index (χ0n) is 16.6. The first-order chi connectivity index (χ1) is 14.5. The minimum absolute atomic E-state index is 0.289. The molecule has 7 heteroatoms. The van der Waals surface area contributed by atoms with Crippen molar-refractivity contribution in [3.63, 3.8) is 0 Å². The number of hydrogen-bond donors (Lipinski definition) is 2. The maximum atomic E-state index is 12.5. The number of nitrogens with one attached hydrogen (secondary N) is 2. The van der Waals surface area contributed by atoms with Gasteiger partial charge in [-0.15, -0.1) is 0 Å². The first-order valence-corrected chi connectivity index (χ1v) is 9.86. The summed E-state index contributed by atoms with van der Waals surface area (Å²) < 4.78 is 1.14. The number of hydrazine groups is 1. The fourth-order valence-electron chi connectivity index (χ4n) is 3.62. The van der Waals surface area contributed by atoms with Crippen molar-refractivity contribution in [3.8, 4) is 11.3 Å². The van der Waals surface area contributed by atoms with Crippen molar-refractivity contribution in [2.75, 3.05) is 0 Å². The Labute approximate surface area is 173 Å². The van der Waals surface area contributed by atoms with Crippen LogP contribution in [0.5, 0.6) is 0 Å². The summed E-state index contributed by atoms with van der Waals surface area (Å²) in [7, 11) is 0. The molecule has 0 aliphatic heterocycles. The van der Waals surface area contributed by atoms with E-state index in [1.165, 1.54) is 5.56 Å². The second-order valence-corrected chi connectivity index (χ2v) is 7.40. The Kier molecular flexibility index (Phi) is 5.43. The van der Waals surface area contributed by atoms with Crippen LogP contribution in [0.4, 0.5) is 0 Å². The SMILES string of the molecule is Cc1ccc2c(c1)-c1nn(CC(=O)NNC(=O)c3ccccc3)c(=O)cc1CCC2. The standard InChI is InChI=1S/C23H22N4O3/c1-15-10-11-16-8-5-9-18-13-21(29)27(26-22(18)19(16)12-15)14-20(28)24-25-23(30)17-6-3-2-4-7-17/h2-4,6-7,10-13H,5,8-9,14H2,1H3,(H,24,28)(H,25,30). The van der Waals surface area contributed by atoms with Crippen molar-refractivity contribution in [2.24, 2.45) is 0 Å². The topological polar surface area (TPSA) is 93.1 Å². The average molecular weight is 402 g/mol. The molecule has 0 bridgehead atoms. The molecule has 1 heterocycles. The van der Waals surface area contributed by atoms with Gasteiger partial charge >= 0.3 is 0 Å². The molecule has 1 aliphatic carbocycles. The highest BCUT2D eigenvalue weighted by molar-refractivity contribution is 5.95. The molecule has 30 heavy (non-hydrogen) atoms. The highest BCUT2D eigenvalue weighted by atomic mass is 16.2. The zero-order chi connectivity index (χ0) is 21.1. The molecule has 0 saturated heterocycles.